The Morgan fingerprint density at radius 2 is 1.86 bits per heavy atom. The average molecular weight is 293 g/mol. The van der Waals surface area contributed by atoms with Gasteiger partial charge >= 0.3 is 0 Å². The lowest BCUT2D eigenvalue weighted by Crippen LogP contribution is -2.02. The molecule has 3 rings (SSSR count). The van der Waals surface area contributed by atoms with Crippen molar-refractivity contribution in [2.45, 2.75) is 6.54 Å². The van der Waals surface area contributed by atoms with Gasteiger partial charge in [0.15, 0.2) is 5.82 Å². The molecule has 0 aliphatic carbocycles. The summed E-state index contributed by atoms with van der Waals surface area (Å²) in [6, 6.07) is 15.5. The number of halogens is 1. The minimum Gasteiger partial charge on any atom is -0.388 e. The molecule has 0 unspecified atom stereocenters. The van der Waals surface area contributed by atoms with E-state index in [4.69, 9.17) is 0 Å². The third-order valence-corrected chi connectivity index (χ3v) is 3.45. The van der Waals surface area contributed by atoms with Crippen LogP contribution in [-0.2, 0) is 6.54 Å². The van der Waals surface area contributed by atoms with Crippen molar-refractivity contribution in [1.29, 1.82) is 0 Å². The average Bonchev–Trinajstić information content (AvgIpc) is 2.92. The van der Waals surface area contributed by atoms with Gasteiger partial charge in [0.1, 0.15) is 6.67 Å². The maximum absolute atomic E-state index is 12.8. The quantitative estimate of drug-likeness (QED) is 0.750. The largest absolute Gasteiger partial charge is 0.388 e. The van der Waals surface area contributed by atoms with Crippen molar-refractivity contribution in [3.05, 3.63) is 59.9 Å². The van der Waals surface area contributed by atoms with Crippen LogP contribution in [0, 0.1) is 11.8 Å². The molecule has 0 aliphatic heterocycles. The maximum Gasteiger partial charge on any atom is 0.186 e. The van der Waals surface area contributed by atoms with Crippen molar-refractivity contribution in [3.63, 3.8) is 0 Å². The van der Waals surface area contributed by atoms with Crippen LogP contribution in [-0.4, -0.2) is 23.3 Å². The number of benzene rings is 2. The molecular weight excluding hydrogens is 277 g/mol. The van der Waals surface area contributed by atoms with Crippen molar-refractivity contribution in [2.24, 2.45) is 0 Å². The fraction of sp³-hybridized carbons (Fsp3) is 0.167. The molecule has 2 aromatic carbocycles. The first-order chi connectivity index (χ1) is 10.8. The number of rotatable bonds is 3. The number of hydrogen-bond donors (Lipinski definition) is 1. The van der Waals surface area contributed by atoms with Crippen LogP contribution in [0.2, 0.25) is 0 Å². The number of imidazole rings is 1. The summed E-state index contributed by atoms with van der Waals surface area (Å²) in [5.74, 6) is 6.74. The fourth-order valence-corrected chi connectivity index (χ4v) is 2.33. The molecule has 0 saturated carbocycles. The molecule has 22 heavy (non-hydrogen) atoms. The molecule has 3 aromatic rings. The minimum atomic E-state index is -0.439. The monoisotopic (exact) mass is 293 g/mol. The van der Waals surface area contributed by atoms with E-state index in [1.807, 2.05) is 60.1 Å². The highest BCUT2D eigenvalue weighted by atomic mass is 19.1. The van der Waals surface area contributed by atoms with Gasteiger partial charge < -0.3 is 9.88 Å². The molecule has 0 bridgehead atoms. The number of aryl methyl sites for hydroxylation is 1. The van der Waals surface area contributed by atoms with Gasteiger partial charge in [0, 0.05) is 18.3 Å². The van der Waals surface area contributed by atoms with E-state index in [2.05, 4.69) is 22.1 Å². The topological polar surface area (TPSA) is 29.9 Å². The smallest absolute Gasteiger partial charge is 0.186 e. The first-order valence-corrected chi connectivity index (χ1v) is 7.13. The van der Waals surface area contributed by atoms with Crippen molar-refractivity contribution < 1.29 is 4.39 Å². The van der Waals surface area contributed by atoms with Gasteiger partial charge in [-0.3, -0.25) is 0 Å². The van der Waals surface area contributed by atoms with Crippen LogP contribution < -0.4 is 5.32 Å². The second kappa shape index (κ2) is 6.31. The lowest BCUT2D eigenvalue weighted by Gasteiger charge is -2.01. The van der Waals surface area contributed by atoms with Gasteiger partial charge in [-0.25, -0.2) is 9.37 Å². The molecule has 3 nitrogen and oxygen atoms in total. The summed E-state index contributed by atoms with van der Waals surface area (Å²) in [5.41, 5.74) is 3.69. The maximum atomic E-state index is 12.8. The number of para-hydroxylation sites is 2. The second-order valence-electron chi connectivity index (χ2n) is 4.84. The van der Waals surface area contributed by atoms with Crippen LogP contribution in [0.1, 0.15) is 11.4 Å². The molecule has 4 heteroatoms. The first kappa shape index (κ1) is 14.2. The van der Waals surface area contributed by atoms with E-state index < -0.39 is 6.67 Å². The molecule has 0 fully saturated rings. The van der Waals surface area contributed by atoms with Gasteiger partial charge in [0.25, 0.3) is 0 Å². The number of nitrogens with zero attached hydrogens (tertiary/aromatic N) is 2. The molecule has 0 radical (unpaired) electrons. The Balaban J connectivity index is 1.99. The number of nitrogens with one attached hydrogen (secondary N) is 1. The number of aromatic nitrogens is 2. The van der Waals surface area contributed by atoms with Crippen molar-refractivity contribution in [3.8, 4) is 11.8 Å². The third-order valence-electron chi connectivity index (χ3n) is 3.45. The number of fused-ring (bicyclic) bond motifs is 1. The predicted octanol–water partition coefficient (Wildman–Crippen LogP) is 3.45. The SMILES string of the molecule is CNc1ccc(C#Cc2nc3ccccc3n2CCF)cc1. The summed E-state index contributed by atoms with van der Waals surface area (Å²) >= 11 is 0. The van der Waals surface area contributed by atoms with E-state index in [1.54, 1.807) is 0 Å². The molecular formula is C18H16FN3. The summed E-state index contributed by atoms with van der Waals surface area (Å²) in [7, 11) is 1.88. The van der Waals surface area contributed by atoms with E-state index in [-0.39, 0.29) is 6.54 Å². The Kier molecular flexibility index (Phi) is 4.06. The van der Waals surface area contributed by atoms with Gasteiger partial charge in [-0.15, -0.1) is 0 Å². The normalized spacial score (nSPS) is 10.3. The van der Waals surface area contributed by atoms with Gasteiger partial charge in [-0.1, -0.05) is 18.1 Å². The zero-order valence-electron chi connectivity index (χ0n) is 12.3. The Hall–Kier alpha value is -2.80. The van der Waals surface area contributed by atoms with E-state index in [9.17, 15) is 4.39 Å². The Morgan fingerprint density at radius 3 is 2.59 bits per heavy atom. The van der Waals surface area contributed by atoms with Gasteiger partial charge in [0.05, 0.1) is 17.6 Å². The fourth-order valence-electron chi connectivity index (χ4n) is 2.33. The third kappa shape index (κ3) is 2.79. The number of alkyl halides is 1. The van der Waals surface area contributed by atoms with E-state index in [0.29, 0.717) is 5.82 Å². The van der Waals surface area contributed by atoms with E-state index in [0.717, 1.165) is 22.3 Å². The summed E-state index contributed by atoms with van der Waals surface area (Å²) in [4.78, 5) is 4.49. The molecule has 0 atom stereocenters. The van der Waals surface area contributed by atoms with Crippen molar-refractivity contribution in [2.75, 3.05) is 19.0 Å². The zero-order valence-corrected chi connectivity index (χ0v) is 12.3. The molecule has 1 heterocycles. The van der Waals surface area contributed by atoms with Crippen LogP contribution >= 0.6 is 0 Å². The predicted molar refractivity (Wildman–Crippen MR) is 87.7 cm³/mol. The summed E-state index contributed by atoms with van der Waals surface area (Å²) in [6.07, 6.45) is 0. The van der Waals surface area contributed by atoms with Gasteiger partial charge in [-0.2, -0.15) is 0 Å². The molecule has 0 amide bonds. The van der Waals surface area contributed by atoms with Crippen LogP contribution in [0.25, 0.3) is 11.0 Å². The summed E-state index contributed by atoms with van der Waals surface area (Å²) in [5, 5.41) is 3.07. The van der Waals surface area contributed by atoms with E-state index in [1.165, 1.54) is 0 Å². The summed E-state index contributed by atoms with van der Waals surface area (Å²) < 4.78 is 14.6. The van der Waals surface area contributed by atoms with Crippen molar-refractivity contribution in [1.82, 2.24) is 9.55 Å². The molecule has 1 N–H and O–H groups in total. The van der Waals surface area contributed by atoms with Crippen LogP contribution in [0.4, 0.5) is 10.1 Å². The first-order valence-electron chi connectivity index (χ1n) is 7.13. The molecule has 0 spiro atoms. The lowest BCUT2D eigenvalue weighted by molar-refractivity contribution is 0.448. The van der Waals surface area contributed by atoms with Crippen LogP contribution in [0.3, 0.4) is 0 Å². The molecule has 0 aliphatic rings. The molecule has 110 valence electrons. The Morgan fingerprint density at radius 1 is 1.09 bits per heavy atom. The Bertz CT molecular complexity index is 838. The highest BCUT2D eigenvalue weighted by Gasteiger charge is 2.07. The lowest BCUT2D eigenvalue weighted by atomic mass is 10.2. The number of anilines is 1. The van der Waals surface area contributed by atoms with Crippen LogP contribution in [0.15, 0.2) is 48.5 Å². The number of hydrogen-bond acceptors (Lipinski definition) is 2. The van der Waals surface area contributed by atoms with Gasteiger partial charge in [-0.05, 0) is 42.3 Å². The van der Waals surface area contributed by atoms with Crippen molar-refractivity contribution >= 4 is 16.7 Å². The van der Waals surface area contributed by atoms with Gasteiger partial charge in [0.2, 0.25) is 0 Å². The standard InChI is InChI=1S/C18H16FN3/c1-20-15-9-6-14(7-10-15)8-11-18-21-16-4-2-3-5-17(16)22(18)13-12-19/h2-7,9-10,20H,12-13H2,1H3. The molecule has 0 saturated heterocycles. The molecule has 1 aromatic heterocycles. The highest BCUT2D eigenvalue weighted by Crippen LogP contribution is 2.15. The minimum absolute atomic E-state index is 0.267. The summed E-state index contributed by atoms with van der Waals surface area (Å²) in [6.45, 7) is -0.172. The highest BCUT2D eigenvalue weighted by molar-refractivity contribution is 5.76. The zero-order chi connectivity index (χ0) is 15.4. The second-order valence-corrected chi connectivity index (χ2v) is 4.84. The van der Waals surface area contributed by atoms with E-state index >= 15 is 0 Å². The van der Waals surface area contributed by atoms with Crippen LogP contribution in [0.5, 0.6) is 0 Å². The Labute approximate surface area is 128 Å².